The molecule has 0 unspecified atom stereocenters. The van der Waals surface area contributed by atoms with Gasteiger partial charge in [0.15, 0.2) is 5.65 Å². The molecule has 0 radical (unpaired) electrons. The number of hydrogen-bond acceptors (Lipinski definition) is 5. The molecule has 2 aromatic heterocycles. The first-order valence-corrected chi connectivity index (χ1v) is 8.62. The summed E-state index contributed by atoms with van der Waals surface area (Å²) >= 11 is 1.86. The molecule has 0 saturated heterocycles. The Morgan fingerprint density at radius 2 is 1.83 bits per heavy atom. The molecule has 0 fully saturated rings. The lowest BCUT2D eigenvalue weighted by atomic mass is 10.2. The number of aryl methyl sites for hydroxylation is 2. The van der Waals surface area contributed by atoms with Crippen LogP contribution in [0.2, 0.25) is 0 Å². The standard InChI is InChI=1S/C18H20N4S/c1-13-6-8-15(9-7-13)23-12-11-22(3)18-16-5-4-10-19-17(16)20-14(2)21-18/h4-10H,11-12H2,1-3H3. The normalized spacial score (nSPS) is 10.9. The summed E-state index contributed by atoms with van der Waals surface area (Å²) in [6.07, 6.45) is 1.77. The van der Waals surface area contributed by atoms with Crippen molar-refractivity contribution < 1.29 is 0 Å². The first kappa shape index (κ1) is 15.7. The number of rotatable bonds is 5. The van der Waals surface area contributed by atoms with E-state index < -0.39 is 0 Å². The zero-order valence-electron chi connectivity index (χ0n) is 13.7. The summed E-state index contributed by atoms with van der Waals surface area (Å²) in [5.41, 5.74) is 2.05. The summed E-state index contributed by atoms with van der Waals surface area (Å²) < 4.78 is 0. The fourth-order valence-corrected chi connectivity index (χ4v) is 3.31. The molecule has 0 aliphatic carbocycles. The maximum atomic E-state index is 4.60. The Kier molecular flexibility index (Phi) is 4.76. The number of aromatic nitrogens is 3. The van der Waals surface area contributed by atoms with Crippen molar-refractivity contribution >= 4 is 28.6 Å². The Balaban J connectivity index is 1.71. The molecule has 0 N–H and O–H groups in total. The van der Waals surface area contributed by atoms with E-state index in [0.717, 1.165) is 35.0 Å². The average molecular weight is 324 g/mol. The lowest BCUT2D eigenvalue weighted by molar-refractivity contribution is 0.930. The monoisotopic (exact) mass is 324 g/mol. The van der Waals surface area contributed by atoms with Crippen LogP contribution in [-0.2, 0) is 0 Å². The minimum Gasteiger partial charge on any atom is -0.358 e. The van der Waals surface area contributed by atoms with E-state index in [1.807, 2.05) is 30.8 Å². The molecule has 0 spiro atoms. The number of anilines is 1. The Morgan fingerprint density at radius 1 is 1.04 bits per heavy atom. The van der Waals surface area contributed by atoms with Crippen LogP contribution in [0.4, 0.5) is 5.82 Å². The number of benzene rings is 1. The lowest BCUT2D eigenvalue weighted by Gasteiger charge is -2.19. The number of hydrogen-bond donors (Lipinski definition) is 0. The van der Waals surface area contributed by atoms with E-state index in [0.29, 0.717) is 0 Å². The average Bonchev–Trinajstić information content (AvgIpc) is 2.55. The molecule has 0 bridgehead atoms. The highest BCUT2D eigenvalue weighted by Crippen LogP contribution is 2.23. The van der Waals surface area contributed by atoms with Crippen molar-refractivity contribution in [3.05, 3.63) is 54.0 Å². The minimum absolute atomic E-state index is 0.754. The zero-order chi connectivity index (χ0) is 16.2. The smallest absolute Gasteiger partial charge is 0.164 e. The molecular weight excluding hydrogens is 304 g/mol. The number of thioether (sulfide) groups is 1. The maximum absolute atomic E-state index is 4.60. The Labute approximate surface area is 141 Å². The second-order valence-corrected chi connectivity index (χ2v) is 6.72. The third kappa shape index (κ3) is 3.79. The van der Waals surface area contributed by atoms with E-state index in [-0.39, 0.29) is 0 Å². The quantitative estimate of drug-likeness (QED) is 0.666. The van der Waals surface area contributed by atoms with E-state index in [4.69, 9.17) is 0 Å². The third-order valence-electron chi connectivity index (χ3n) is 3.64. The molecule has 0 atom stereocenters. The first-order valence-electron chi connectivity index (χ1n) is 7.63. The number of fused-ring (bicyclic) bond motifs is 1. The minimum atomic E-state index is 0.754. The van der Waals surface area contributed by atoms with E-state index in [1.54, 1.807) is 6.20 Å². The highest BCUT2D eigenvalue weighted by atomic mass is 32.2. The summed E-state index contributed by atoms with van der Waals surface area (Å²) in [6, 6.07) is 12.6. The van der Waals surface area contributed by atoms with Gasteiger partial charge in [0, 0.05) is 30.4 Å². The molecular formula is C18H20N4S. The van der Waals surface area contributed by atoms with Gasteiger partial charge in [0.25, 0.3) is 0 Å². The van der Waals surface area contributed by atoms with Gasteiger partial charge in [-0.15, -0.1) is 11.8 Å². The molecule has 3 rings (SSSR count). The summed E-state index contributed by atoms with van der Waals surface area (Å²) in [5.74, 6) is 2.71. The Bertz CT molecular complexity index is 802. The summed E-state index contributed by atoms with van der Waals surface area (Å²) in [6.45, 7) is 4.93. The van der Waals surface area contributed by atoms with Gasteiger partial charge in [-0.1, -0.05) is 17.7 Å². The van der Waals surface area contributed by atoms with Gasteiger partial charge in [0.2, 0.25) is 0 Å². The zero-order valence-corrected chi connectivity index (χ0v) is 14.5. The van der Waals surface area contributed by atoms with Crippen molar-refractivity contribution in [2.75, 3.05) is 24.2 Å². The van der Waals surface area contributed by atoms with Crippen molar-refractivity contribution in [1.29, 1.82) is 0 Å². The highest BCUT2D eigenvalue weighted by molar-refractivity contribution is 7.99. The van der Waals surface area contributed by atoms with E-state index in [9.17, 15) is 0 Å². The molecule has 0 aliphatic heterocycles. The molecule has 5 heteroatoms. The second-order valence-electron chi connectivity index (χ2n) is 5.55. The molecule has 0 amide bonds. The van der Waals surface area contributed by atoms with Gasteiger partial charge in [-0.05, 0) is 38.1 Å². The van der Waals surface area contributed by atoms with Crippen molar-refractivity contribution in [1.82, 2.24) is 15.0 Å². The van der Waals surface area contributed by atoms with Crippen LogP contribution in [0.3, 0.4) is 0 Å². The van der Waals surface area contributed by atoms with Crippen molar-refractivity contribution in [3.8, 4) is 0 Å². The number of pyridine rings is 1. The second kappa shape index (κ2) is 6.96. The largest absolute Gasteiger partial charge is 0.358 e. The van der Waals surface area contributed by atoms with Crippen LogP contribution in [0.1, 0.15) is 11.4 Å². The van der Waals surface area contributed by atoms with Gasteiger partial charge in [-0.3, -0.25) is 0 Å². The van der Waals surface area contributed by atoms with Gasteiger partial charge in [0.1, 0.15) is 11.6 Å². The van der Waals surface area contributed by atoms with Gasteiger partial charge in [0.05, 0.1) is 5.39 Å². The molecule has 23 heavy (non-hydrogen) atoms. The Morgan fingerprint density at radius 3 is 2.61 bits per heavy atom. The fourth-order valence-electron chi connectivity index (χ4n) is 2.38. The van der Waals surface area contributed by atoms with Crippen LogP contribution in [0.25, 0.3) is 11.0 Å². The van der Waals surface area contributed by atoms with Gasteiger partial charge in [-0.2, -0.15) is 0 Å². The molecule has 2 heterocycles. The van der Waals surface area contributed by atoms with Crippen LogP contribution in [0.15, 0.2) is 47.5 Å². The summed E-state index contributed by atoms with van der Waals surface area (Å²) in [7, 11) is 2.07. The van der Waals surface area contributed by atoms with Crippen LogP contribution in [0.5, 0.6) is 0 Å². The van der Waals surface area contributed by atoms with Crippen molar-refractivity contribution in [2.45, 2.75) is 18.7 Å². The van der Waals surface area contributed by atoms with Gasteiger partial charge < -0.3 is 4.90 Å². The van der Waals surface area contributed by atoms with E-state index >= 15 is 0 Å². The van der Waals surface area contributed by atoms with Crippen LogP contribution >= 0.6 is 11.8 Å². The molecule has 4 nitrogen and oxygen atoms in total. The Hall–Kier alpha value is -2.14. The van der Waals surface area contributed by atoms with E-state index in [2.05, 4.69) is 58.1 Å². The third-order valence-corrected chi connectivity index (χ3v) is 4.63. The SMILES string of the molecule is Cc1ccc(SCCN(C)c2nc(C)nc3ncccc23)cc1. The van der Waals surface area contributed by atoms with Crippen LogP contribution in [0, 0.1) is 13.8 Å². The van der Waals surface area contributed by atoms with Crippen molar-refractivity contribution in [3.63, 3.8) is 0 Å². The molecule has 0 aliphatic rings. The lowest BCUT2D eigenvalue weighted by Crippen LogP contribution is -2.22. The first-order chi connectivity index (χ1) is 11.1. The molecule has 3 aromatic rings. The summed E-state index contributed by atoms with van der Waals surface area (Å²) in [5, 5.41) is 1.00. The van der Waals surface area contributed by atoms with Crippen molar-refractivity contribution in [2.24, 2.45) is 0 Å². The number of nitrogens with zero attached hydrogens (tertiary/aromatic N) is 4. The highest BCUT2D eigenvalue weighted by Gasteiger charge is 2.10. The summed E-state index contributed by atoms with van der Waals surface area (Å²) in [4.78, 5) is 16.8. The topological polar surface area (TPSA) is 41.9 Å². The predicted octanol–water partition coefficient (Wildman–Crippen LogP) is 3.87. The van der Waals surface area contributed by atoms with Crippen LogP contribution in [-0.4, -0.2) is 34.3 Å². The van der Waals surface area contributed by atoms with Gasteiger partial charge >= 0.3 is 0 Å². The van der Waals surface area contributed by atoms with Crippen LogP contribution < -0.4 is 4.90 Å². The van der Waals surface area contributed by atoms with Gasteiger partial charge in [-0.25, -0.2) is 15.0 Å². The molecule has 118 valence electrons. The van der Waals surface area contributed by atoms with E-state index in [1.165, 1.54) is 10.5 Å². The molecule has 1 aromatic carbocycles. The predicted molar refractivity (Wildman–Crippen MR) is 97.2 cm³/mol. The molecule has 0 saturated carbocycles. The maximum Gasteiger partial charge on any atom is 0.164 e. The fraction of sp³-hybridized carbons (Fsp3) is 0.278.